The third kappa shape index (κ3) is 4.60. The molecule has 2 aromatic rings. The van der Waals surface area contributed by atoms with Gasteiger partial charge in [-0.1, -0.05) is 36.4 Å². The number of carbonyl (C=O) groups is 1. The SMILES string of the molecule is CC(C)(CN)NC(=O)c1cccc(OCc2ccccc2)c1. The summed E-state index contributed by atoms with van der Waals surface area (Å²) in [4.78, 5) is 12.2. The Morgan fingerprint density at radius 1 is 1.14 bits per heavy atom. The van der Waals surface area contributed by atoms with Gasteiger partial charge < -0.3 is 15.8 Å². The molecule has 22 heavy (non-hydrogen) atoms. The lowest BCUT2D eigenvalue weighted by Crippen LogP contribution is -2.48. The van der Waals surface area contributed by atoms with Crippen LogP contribution in [0, 0.1) is 0 Å². The predicted octanol–water partition coefficient (Wildman–Crippen LogP) is 2.73. The van der Waals surface area contributed by atoms with Crippen LogP contribution in [0.25, 0.3) is 0 Å². The van der Waals surface area contributed by atoms with Gasteiger partial charge in [-0.15, -0.1) is 0 Å². The van der Waals surface area contributed by atoms with Gasteiger partial charge in [-0.3, -0.25) is 4.79 Å². The maximum atomic E-state index is 12.2. The van der Waals surface area contributed by atoms with E-state index in [2.05, 4.69) is 5.32 Å². The van der Waals surface area contributed by atoms with Crippen LogP contribution in [-0.4, -0.2) is 18.0 Å². The second-order valence-corrected chi connectivity index (χ2v) is 5.84. The van der Waals surface area contributed by atoms with Crippen LogP contribution >= 0.6 is 0 Å². The van der Waals surface area contributed by atoms with Gasteiger partial charge in [0, 0.05) is 17.6 Å². The Hall–Kier alpha value is -2.33. The van der Waals surface area contributed by atoms with E-state index in [4.69, 9.17) is 10.5 Å². The van der Waals surface area contributed by atoms with Crippen molar-refractivity contribution < 1.29 is 9.53 Å². The molecule has 0 atom stereocenters. The molecule has 4 heteroatoms. The molecule has 0 bridgehead atoms. The van der Waals surface area contributed by atoms with E-state index in [0.29, 0.717) is 24.5 Å². The zero-order valence-corrected chi connectivity index (χ0v) is 13.0. The standard InChI is InChI=1S/C18H22N2O2/c1-18(2,13-19)20-17(21)15-9-6-10-16(11-15)22-12-14-7-4-3-5-8-14/h3-11H,12-13,19H2,1-2H3,(H,20,21). The summed E-state index contributed by atoms with van der Waals surface area (Å²) >= 11 is 0. The van der Waals surface area contributed by atoms with Gasteiger partial charge in [0.2, 0.25) is 0 Å². The summed E-state index contributed by atoms with van der Waals surface area (Å²) in [5.41, 5.74) is 6.85. The lowest BCUT2D eigenvalue weighted by Gasteiger charge is -2.24. The molecule has 0 aliphatic carbocycles. The molecule has 2 rings (SSSR count). The Kier molecular flexibility index (Phi) is 5.17. The fraction of sp³-hybridized carbons (Fsp3) is 0.278. The smallest absolute Gasteiger partial charge is 0.251 e. The van der Waals surface area contributed by atoms with E-state index in [1.165, 1.54) is 0 Å². The number of ether oxygens (including phenoxy) is 1. The van der Waals surface area contributed by atoms with E-state index >= 15 is 0 Å². The minimum atomic E-state index is -0.433. The van der Waals surface area contributed by atoms with E-state index in [0.717, 1.165) is 5.56 Å². The van der Waals surface area contributed by atoms with Crippen LogP contribution < -0.4 is 15.8 Å². The van der Waals surface area contributed by atoms with Crippen LogP contribution in [0.5, 0.6) is 5.75 Å². The molecule has 116 valence electrons. The highest BCUT2D eigenvalue weighted by atomic mass is 16.5. The van der Waals surface area contributed by atoms with E-state index in [1.54, 1.807) is 12.1 Å². The third-order valence-corrected chi connectivity index (χ3v) is 3.31. The molecule has 0 aliphatic rings. The van der Waals surface area contributed by atoms with Crippen LogP contribution in [0.3, 0.4) is 0 Å². The highest BCUT2D eigenvalue weighted by Crippen LogP contribution is 2.16. The predicted molar refractivity (Wildman–Crippen MR) is 87.8 cm³/mol. The number of rotatable bonds is 6. The van der Waals surface area contributed by atoms with Gasteiger partial charge in [-0.2, -0.15) is 0 Å². The van der Waals surface area contributed by atoms with Gasteiger partial charge >= 0.3 is 0 Å². The number of hydrogen-bond acceptors (Lipinski definition) is 3. The first kappa shape index (κ1) is 16.0. The molecule has 0 saturated carbocycles. The molecule has 0 aromatic heterocycles. The maximum absolute atomic E-state index is 12.2. The molecule has 0 fully saturated rings. The molecule has 0 spiro atoms. The van der Waals surface area contributed by atoms with Gasteiger partial charge in [0.25, 0.3) is 5.91 Å². The summed E-state index contributed by atoms with van der Waals surface area (Å²) < 4.78 is 5.73. The summed E-state index contributed by atoms with van der Waals surface area (Å²) in [7, 11) is 0. The number of nitrogens with two attached hydrogens (primary N) is 1. The summed E-state index contributed by atoms with van der Waals surface area (Å²) in [6.45, 7) is 4.63. The van der Waals surface area contributed by atoms with Crippen molar-refractivity contribution in [2.24, 2.45) is 5.73 Å². The van der Waals surface area contributed by atoms with Crippen LogP contribution in [0.2, 0.25) is 0 Å². The zero-order valence-electron chi connectivity index (χ0n) is 13.0. The fourth-order valence-corrected chi connectivity index (χ4v) is 1.90. The van der Waals surface area contributed by atoms with Crippen molar-refractivity contribution in [3.63, 3.8) is 0 Å². The number of hydrogen-bond donors (Lipinski definition) is 2. The average molecular weight is 298 g/mol. The van der Waals surface area contributed by atoms with E-state index in [9.17, 15) is 4.79 Å². The van der Waals surface area contributed by atoms with Gasteiger partial charge in [-0.05, 0) is 37.6 Å². The van der Waals surface area contributed by atoms with Crippen molar-refractivity contribution in [2.45, 2.75) is 26.0 Å². The second kappa shape index (κ2) is 7.09. The maximum Gasteiger partial charge on any atom is 0.251 e. The Labute approximate surface area is 131 Å². The van der Waals surface area contributed by atoms with E-state index in [-0.39, 0.29) is 5.91 Å². The first-order valence-electron chi connectivity index (χ1n) is 7.29. The Morgan fingerprint density at radius 2 is 1.86 bits per heavy atom. The summed E-state index contributed by atoms with van der Waals surface area (Å²) in [5, 5.41) is 2.90. The second-order valence-electron chi connectivity index (χ2n) is 5.84. The molecule has 0 radical (unpaired) electrons. The number of amides is 1. The minimum Gasteiger partial charge on any atom is -0.489 e. The van der Waals surface area contributed by atoms with Crippen LogP contribution in [-0.2, 0) is 6.61 Å². The van der Waals surface area contributed by atoms with Crippen LogP contribution in [0.1, 0.15) is 29.8 Å². The third-order valence-electron chi connectivity index (χ3n) is 3.31. The quantitative estimate of drug-likeness (QED) is 0.862. The average Bonchev–Trinajstić information content (AvgIpc) is 2.54. The number of carbonyl (C=O) groups excluding carboxylic acids is 1. The Morgan fingerprint density at radius 3 is 2.55 bits per heavy atom. The summed E-state index contributed by atoms with van der Waals surface area (Å²) in [6, 6.07) is 17.1. The van der Waals surface area contributed by atoms with Gasteiger partial charge in [0.05, 0.1) is 0 Å². The summed E-state index contributed by atoms with van der Waals surface area (Å²) in [5.74, 6) is 0.516. The minimum absolute atomic E-state index is 0.152. The van der Waals surface area contributed by atoms with Gasteiger partial charge in [0.1, 0.15) is 12.4 Å². The van der Waals surface area contributed by atoms with Crippen molar-refractivity contribution in [3.05, 3.63) is 65.7 Å². The molecule has 0 aliphatic heterocycles. The van der Waals surface area contributed by atoms with Crippen molar-refractivity contribution in [3.8, 4) is 5.75 Å². The monoisotopic (exact) mass is 298 g/mol. The topological polar surface area (TPSA) is 64.3 Å². The molecule has 0 saturated heterocycles. The lowest BCUT2D eigenvalue weighted by atomic mass is 10.1. The van der Waals surface area contributed by atoms with Crippen molar-refractivity contribution >= 4 is 5.91 Å². The largest absolute Gasteiger partial charge is 0.489 e. The Balaban J connectivity index is 2.02. The molecule has 2 aromatic carbocycles. The number of nitrogens with one attached hydrogen (secondary N) is 1. The molecule has 3 N–H and O–H groups in total. The van der Waals surface area contributed by atoms with Crippen molar-refractivity contribution in [1.82, 2.24) is 5.32 Å². The van der Waals surface area contributed by atoms with Gasteiger partial charge in [0.15, 0.2) is 0 Å². The van der Waals surface area contributed by atoms with Crippen LogP contribution in [0.4, 0.5) is 0 Å². The molecule has 0 unspecified atom stereocenters. The molecular weight excluding hydrogens is 276 g/mol. The first-order valence-corrected chi connectivity index (χ1v) is 7.29. The highest BCUT2D eigenvalue weighted by Gasteiger charge is 2.19. The van der Waals surface area contributed by atoms with Crippen molar-refractivity contribution in [2.75, 3.05) is 6.54 Å². The highest BCUT2D eigenvalue weighted by molar-refractivity contribution is 5.95. The van der Waals surface area contributed by atoms with Crippen molar-refractivity contribution in [1.29, 1.82) is 0 Å². The first-order chi connectivity index (χ1) is 10.5. The molecule has 1 amide bonds. The van der Waals surface area contributed by atoms with Crippen LogP contribution in [0.15, 0.2) is 54.6 Å². The normalized spacial score (nSPS) is 11.0. The number of benzene rings is 2. The zero-order chi connectivity index (χ0) is 16.0. The molecule has 4 nitrogen and oxygen atoms in total. The van der Waals surface area contributed by atoms with E-state index < -0.39 is 5.54 Å². The Bertz CT molecular complexity index is 624. The summed E-state index contributed by atoms with van der Waals surface area (Å²) in [6.07, 6.45) is 0. The molecule has 0 heterocycles. The van der Waals surface area contributed by atoms with Gasteiger partial charge in [-0.25, -0.2) is 0 Å². The lowest BCUT2D eigenvalue weighted by molar-refractivity contribution is 0.0915. The molecular formula is C18H22N2O2. The fourth-order valence-electron chi connectivity index (χ4n) is 1.90. The van der Waals surface area contributed by atoms with E-state index in [1.807, 2.05) is 56.3 Å².